The van der Waals surface area contributed by atoms with Crippen LogP contribution in [-0.2, 0) is 13.0 Å². The fraction of sp³-hybridized carbons (Fsp3) is 0.526. The first-order chi connectivity index (χ1) is 12.0. The molecule has 1 atom stereocenters. The highest BCUT2D eigenvalue weighted by molar-refractivity contribution is 5.97. The first-order valence-corrected chi connectivity index (χ1v) is 8.94. The number of amides is 1. The maximum Gasteiger partial charge on any atom is 0.261 e. The molecule has 1 aromatic heterocycles. The van der Waals surface area contributed by atoms with Gasteiger partial charge in [-0.05, 0) is 38.0 Å². The van der Waals surface area contributed by atoms with E-state index in [1.165, 1.54) is 4.90 Å². The van der Waals surface area contributed by atoms with E-state index in [0.717, 1.165) is 37.9 Å². The zero-order chi connectivity index (χ0) is 18.0. The Bertz CT molecular complexity index is 844. The third kappa shape index (κ3) is 3.44. The van der Waals surface area contributed by atoms with Gasteiger partial charge in [-0.3, -0.25) is 14.2 Å². The van der Waals surface area contributed by atoms with Gasteiger partial charge in [0.15, 0.2) is 0 Å². The quantitative estimate of drug-likeness (QED) is 0.924. The molecule has 1 amide bonds. The second-order valence-electron chi connectivity index (χ2n) is 6.83. The molecule has 25 heavy (non-hydrogen) atoms. The Balaban J connectivity index is 2.04. The highest BCUT2D eigenvalue weighted by Gasteiger charge is 2.19. The molecule has 2 heterocycles. The van der Waals surface area contributed by atoms with Gasteiger partial charge < -0.3 is 10.0 Å². The zero-order valence-electron chi connectivity index (χ0n) is 14.9. The number of hydrogen-bond donors (Lipinski definition) is 1. The summed E-state index contributed by atoms with van der Waals surface area (Å²) in [5.74, 6) is 0.635. The van der Waals surface area contributed by atoms with Crippen LogP contribution in [0.15, 0.2) is 23.0 Å². The van der Waals surface area contributed by atoms with Crippen LogP contribution >= 0.6 is 0 Å². The van der Waals surface area contributed by atoms with Gasteiger partial charge in [0, 0.05) is 25.6 Å². The van der Waals surface area contributed by atoms with Gasteiger partial charge in [0.2, 0.25) is 0 Å². The van der Waals surface area contributed by atoms with E-state index in [1.54, 1.807) is 36.7 Å². The van der Waals surface area contributed by atoms with Gasteiger partial charge in [0.05, 0.1) is 23.6 Å². The number of fused-ring (bicyclic) bond motifs is 2. The van der Waals surface area contributed by atoms with Gasteiger partial charge in [-0.2, -0.15) is 0 Å². The average Bonchev–Trinajstić information content (AvgIpc) is 2.61. The summed E-state index contributed by atoms with van der Waals surface area (Å²) in [7, 11) is 1.66. The molecule has 0 aliphatic carbocycles. The average molecular weight is 343 g/mol. The molecular weight excluding hydrogens is 318 g/mol. The van der Waals surface area contributed by atoms with E-state index < -0.39 is 0 Å². The Labute approximate surface area is 147 Å². The molecule has 1 aliphatic heterocycles. The van der Waals surface area contributed by atoms with Crippen LogP contribution in [0, 0.1) is 0 Å². The standard InChI is InChI=1S/C19H25N3O3/c1-13(12-23)21(2)18(24)14-8-9-15-16(11-14)20-17-7-5-3-4-6-10-22(17)19(15)25/h8-9,11,13,23H,3-7,10,12H2,1-2H3. The molecule has 134 valence electrons. The summed E-state index contributed by atoms with van der Waals surface area (Å²) in [4.78, 5) is 31.6. The Hall–Kier alpha value is -2.21. The lowest BCUT2D eigenvalue weighted by Gasteiger charge is -2.23. The van der Waals surface area contributed by atoms with Crippen molar-refractivity contribution in [3.8, 4) is 0 Å². The molecule has 0 fully saturated rings. The number of aromatic nitrogens is 2. The van der Waals surface area contributed by atoms with E-state index in [0.29, 0.717) is 23.0 Å². The first-order valence-electron chi connectivity index (χ1n) is 8.94. The van der Waals surface area contributed by atoms with Crippen LogP contribution in [0.4, 0.5) is 0 Å². The van der Waals surface area contributed by atoms with Crippen molar-refractivity contribution in [3.05, 3.63) is 39.9 Å². The Morgan fingerprint density at radius 3 is 2.84 bits per heavy atom. The SMILES string of the molecule is CC(CO)N(C)C(=O)c1ccc2c(=O)n3c(nc2c1)CCCCCC3. The fourth-order valence-corrected chi connectivity index (χ4v) is 3.25. The predicted molar refractivity (Wildman–Crippen MR) is 96.8 cm³/mol. The van der Waals surface area contributed by atoms with Crippen LogP contribution in [0.3, 0.4) is 0 Å². The van der Waals surface area contributed by atoms with E-state index in [-0.39, 0.29) is 24.1 Å². The highest BCUT2D eigenvalue weighted by atomic mass is 16.3. The molecule has 2 aromatic rings. The molecule has 0 bridgehead atoms. The number of aliphatic hydroxyl groups is 1. The summed E-state index contributed by atoms with van der Waals surface area (Å²) in [5, 5.41) is 9.80. The summed E-state index contributed by atoms with van der Waals surface area (Å²) in [6.45, 7) is 2.41. The molecule has 6 heteroatoms. The van der Waals surface area contributed by atoms with E-state index in [9.17, 15) is 14.7 Å². The Morgan fingerprint density at radius 2 is 2.08 bits per heavy atom. The largest absolute Gasteiger partial charge is 0.394 e. The minimum absolute atomic E-state index is 0.0158. The van der Waals surface area contributed by atoms with Crippen molar-refractivity contribution in [1.29, 1.82) is 0 Å². The van der Waals surface area contributed by atoms with Crippen molar-refractivity contribution < 1.29 is 9.90 Å². The van der Waals surface area contributed by atoms with Crippen molar-refractivity contribution in [3.63, 3.8) is 0 Å². The molecule has 1 aromatic carbocycles. The number of nitrogens with zero attached hydrogens (tertiary/aromatic N) is 3. The summed E-state index contributed by atoms with van der Waals surface area (Å²) in [6, 6.07) is 4.79. The monoisotopic (exact) mass is 343 g/mol. The van der Waals surface area contributed by atoms with E-state index >= 15 is 0 Å². The van der Waals surface area contributed by atoms with Gasteiger partial charge in [-0.15, -0.1) is 0 Å². The van der Waals surface area contributed by atoms with Crippen molar-refractivity contribution in [2.24, 2.45) is 0 Å². The lowest BCUT2D eigenvalue weighted by atomic mass is 10.1. The number of rotatable bonds is 3. The molecule has 1 unspecified atom stereocenters. The van der Waals surface area contributed by atoms with Gasteiger partial charge >= 0.3 is 0 Å². The van der Waals surface area contributed by atoms with Crippen LogP contribution in [-0.4, -0.2) is 45.2 Å². The smallest absolute Gasteiger partial charge is 0.261 e. The summed E-state index contributed by atoms with van der Waals surface area (Å²) in [6.07, 6.45) is 5.14. The van der Waals surface area contributed by atoms with Crippen molar-refractivity contribution in [2.75, 3.05) is 13.7 Å². The molecule has 1 N–H and O–H groups in total. The summed E-state index contributed by atoms with van der Waals surface area (Å²) < 4.78 is 1.79. The summed E-state index contributed by atoms with van der Waals surface area (Å²) in [5.41, 5.74) is 1.05. The van der Waals surface area contributed by atoms with Gasteiger partial charge in [0.25, 0.3) is 11.5 Å². The second-order valence-corrected chi connectivity index (χ2v) is 6.83. The van der Waals surface area contributed by atoms with E-state index in [1.807, 2.05) is 0 Å². The van der Waals surface area contributed by atoms with Crippen LogP contribution < -0.4 is 5.56 Å². The second kappa shape index (κ2) is 7.35. The number of aliphatic hydroxyl groups excluding tert-OH is 1. The minimum atomic E-state index is -0.266. The molecular formula is C19H25N3O3. The molecule has 1 aliphatic rings. The number of likely N-dealkylation sites (N-methyl/N-ethyl adjacent to an activating group) is 1. The van der Waals surface area contributed by atoms with Crippen LogP contribution in [0.5, 0.6) is 0 Å². The van der Waals surface area contributed by atoms with Crippen molar-refractivity contribution in [1.82, 2.24) is 14.5 Å². The number of aryl methyl sites for hydroxylation is 1. The highest BCUT2D eigenvalue weighted by Crippen LogP contribution is 2.17. The summed E-state index contributed by atoms with van der Waals surface area (Å²) >= 11 is 0. The van der Waals surface area contributed by atoms with Crippen LogP contribution in [0.1, 0.15) is 48.8 Å². The number of benzene rings is 1. The predicted octanol–water partition coefficient (Wildman–Crippen LogP) is 1.97. The fourth-order valence-electron chi connectivity index (χ4n) is 3.25. The third-order valence-electron chi connectivity index (χ3n) is 5.06. The molecule has 0 spiro atoms. The maximum absolute atomic E-state index is 12.8. The van der Waals surface area contributed by atoms with Gasteiger partial charge in [0.1, 0.15) is 5.82 Å². The third-order valence-corrected chi connectivity index (χ3v) is 5.06. The lowest BCUT2D eigenvalue weighted by Crippen LogP contribution is -2.37. The normalized spacial score (nSPS) is 16.0. The topological polar surface area (TPSA) is 75.4 Å². The Kier molecular flexibility index (Phi) is 5.18. The first kappa shape index (κ1) is 17.6. The van der Waals surface area contributed by atoms with Gasteiger partial charge in [-0.25, -0.2) is 4.98 Å². The lowest BCUT2D eigenvalue weighted by molar-refractivity contribution is 0.0682. The molecule has 3 rings (SSSR count). The molecule has 6 nitrogen and oxygen atoms in total. The van der Waals surface area contributed by atoms with Crippen molar-refractivity contribution >= 4 is 16.8 Å². The van der Waals surface area contributed by atoms with Crippen molar-refractivity contribution in [2.45, 2.75) is 51.6 Å². The zero-order valence-corrected chi connectivity index (χ0v) is 14.9. The molecule has 0 radical (unpaired) electrons. The van der Waals surface area contributed by atoms with E-state index in [4.69, 9.17) is 0 Å². The molecule has 0 saturated heterocycles. The minimum Gasteiger partial charge on any atom is -0.394 e. The van der Waals surface area contributed by atoms with Crippen LogP contribution in [0.25, 0.3) is 10.9 Å². The molecule has 0 saturated carbocycles. The maximum atomic E-state index is 12.8. The number of carbonyl (C=O) groups excluding carboxylic acids is 1. The number of hydrogen-bond acceptors (Lipinski definition) is 4. The Morgan fingerprint density at radius 1 is 1.32 bits per heavy atom. The van der Waals surface area contributed by atoms with Crippen LogP contribution in [0.2, 0.25) is 0 Å². The van der Waals surface area contributed by atoms with Gasteiger partial charge in [-0.1, -0.05) is 12.8 Å². The van der Waals surface area contributed by atoms with E-state index in [2.05, 4.69) is 4.98 Å². The number of carbonyl (C=O) groups is 1.